The Morgan fingerprint density at radius 1 is 1.28 bits per heavy atom. The van der Waals surface area contributed by atoms with E-state index in [0.717, 1.165) is 25.1 Å². The van der Waals surface area contributed by atoms with Crippen LogP contribution in [0, 0.1) is 0 Å². The average Bonchev–Trinajstić information content (AvgIpc) is 2.31. The predicted octanol–water partition coefficient (Wildman–Crippen LogP) is 1.53. The summed E-state index contributed by atoms with van der Waals surface area (Å²) in [5, 5.41) is 3.04. The standard InChI is InChI=1S/C13H21N3O2/c1-9-4-12(5-10(2)17-9)18-13-8-15-11(6-14-3)7-16-13/h7-10,12,14H,4-6H2,1-3H3. The molecular formula is C13H21N3O2. The highest BCUT2D eigenvalue weighted by atomic mass is 16.5. The third kappa shape index (κ3) is 3.65. The SMILES string of the molecule is CNCc1cnc(OC2CC(C)OC(C)C2)cn1. The van der Waals surface area contributed by atoms with Crippen LogP contribution in [0.2, 0.25) is 0 Å². The molecule has 1 aromatic rings. The molecule has 2 heterocycles. The number of hydrogen-bond donors (Lipinski definition) is 1. The second-order valence-electron chi connectivity index (χ2n) is 4.84. The molecule has 0 bridgehead atoms. The van der Waals surface area contributed by atoms with E-state index in [2.05, 4.69) is 29.1 Å². The van der Waals surface area contributed by atoms with Crippen LogP contribution in [0.25, 0.3) is 0 Å². The molecule has 18 heavy (non-hydrogen) atoms. The van der Waals surface area contributed by atoms with Crippen molar-refractivity contribution in [2.45, 2.75) is 51.5 Å². The molecule has 0 aromatic carbocycles. The molecule has 0 aliphatic carbocycles. The average molecular weight is 251 g/mol. The highest BCUT2D eigenvalue weighted by Gasteiger charge is 2.26. The van der Waals surface area contributed by atoms with Crippen LogP contribution in [0.5, 0.6) is 5.88 Å². The lowest BCUT2D eigenvalue weighted by Gasteiger charge is -2.31. The number of hydrogen-bond acceptors (Lipinski definition) is 5. The molecule has 1 N–H and O–H groups in total. The summed E-state index contributed by atoms with van der Waals surface area (Å²) in [5.74, 6) is 0.598. The van der Waals surface area contributed by atoms with Gasteiger partial charge in [0.2, 0.25) is 5.88 Å². The first kappa shape index (κ1) is 13.2. The van der Waals surface area contributed by atoms with E-state index >= 15 is 0 Å². The van der Waals surface area contributed by atoms with Gasteiger partial charge in [-0.25, -0.2) is 4.98 Å². The summed E-state index contributed by atoms with van der Waals surface area (Å²) in [6.45, 7) is 4.88. The monoisotopic (exact) mass is 251 g/mol. The maximum Gasteiger partial charge on any atom is 0.232 e. The highest BCUT2D eigenvalue weighted by molar-refractivity contribution is 5.07. The van der Waals surface area contributed by atoms with E-state index in [1.165, 1.54) is 0 Å². The number of nitrogens with one attached hydrogen (secondary N) is 1. The van der Waals surface area contributed by atoms with Crippen molar-refractivity contribution < 1.29 is 9.47 Å². The van der Waals surface area contributed by atoms with Crippen LogP contribution >= 0.6 is 0 Å². The van der Waals surface area contributed by atoms with Crippen molar-refractivity contribution in [3.05, 3.63) is 18.1 Å². The molecule has 1 aliphatic heterocycles. The Balaban J connectivity index is 1.92. The summed E-state index contributed by atoms with van der Waals surface area (Å²) in [5.41, 5.74) is 0.915. The normalized spacial score (nSPS) is 28.1. The van der Waals surface area contributed by atoms with E-state index < -0.39 is 0 Å². The van der Waals surface area contributed by atoms with Gasteiger partial charge in [0.05, 0.1) is 30.3 Å². The fourth-order valence-corrected chi connectivity index (χ4v) is 2.29. The maximum atomic E-state index is 5.86. The van der Waals surface area contributed by atoms with E-state index in [-0.39, 0.29) is 18.3 Å². The molecule has 1 fully saturated rings. The van der Waals surface area contributed by atoms with Crippen LogP contribution in [0.4, 0.5) is 0 Å². The summed E-state index contributed by atoms with van der Waals surface area (Å²) in [4.78, 5) is 8.57. The Morgan fingerprint density at radius 3 is 2.56 bits per heavy atom. The van der Waals surface area contributed by atoms with Crippen molar-refractivity contribution in [2.24, 2.45) is 0 Å². The van der Waals surface area contributed by atoms with E-state index in [4.69, 9.17) is 9.47 Å². The van der Waals surface area contributed by atoms with Crippen molar-refractivity contribution in [3.63, 3.8) is 0 Å². The van der Waals surface area contributed by atoms with Gasteiger partial charge in [-0.2, -0.15) is 0 Å². The summed E-state index contributed by atoms with van der Waals surface area (Å²) in [7, 11) is 1.89. The van der Waals surface area contributed by atoms with Crippen molar-refractivity contribution >= 4 is 0 Å². The van der Waals surface area contributed by atoms with Crippen molar-refractivity contribution in [1.29, 1.82) is 0 Å². The Kier molecular flexibility index (Phi) is 4.49. The van der Waals surface area contributed by atoms with Gasteiger partial charge in [-0.1, -0.05) is 0 Å². The smallest absolute Gasteiger partial charge is 0.232 e. The Bertz CT molecular complexity index is 359. The first-order chi connectivity index (χ1) is 8.67. The molecule has 1 aromatic heterocycles. The first-order valence-corrected chi connectivity index (χ1v) is 6.45. The number of aromatic nitrogens is 2. The minimum Gasteiger partial charge on any atom is -0.473 e. The van der Waals surface area contributed by atoms with Gasteiger partial charge in [0.15, 0.2) is 0 Å². The Morgan fingerprint density at radius 2 is 2.00 bits per heavy atom. The fraction of sp³-hybridized carbons (Fsp3) is 0.692. The summed E-state index contributed by atoms with van der Waals surface area (Å²) < 4.78 is 11.5. The minimum atomic E-state index is 0.174. The van der Waals surface area contributed by atoms with Crippen molar-refractivity contribution in [3.8, 4) is 5.88 Å². The number of ether oxygens (including phenoxy) is 2. The second-order valence-corrected chi connectivity index (χ2v) is 4.84. The lowest BCUT2D eigenvalue weighted by atomic mass is 10.0. The number of rotatable bonds is 4. The third-order valence-corrected chi connectivity index (χ3v) is 2.98. The summed E-state index contributed by atoms with van der Waals surface area (Å²) >= 11 is 0. The van der Waals surface area contributed by atoms with Crippen molar-refractivity contribution in [2.75, 3.05) is 7.05 Å². The van der Waals surface area contributed by atoms with E-state index in [1.54, 1.807) is 12.4 Å². The van der Waals surface area contributed by atoms with E-state index in [1.807, 2.05) is 7.05 Å². The second kappa shape index (κ2) is 6.11. The molecule has 2 atom stereocenters. The molecule has 5 heteroatoms. The van der Waals surface area contributed by atoms with Crippen LogP contribution in [0.3, 0.4) is 0 Å². The van der Waals surface area contributed by atoms with Crippen LogP contribution < -0.4 is 10.1 Å². The summed E-state index contributed by atoms with van der Waals surface area (Å²) in [6, 6.07) is 0. The molecule has 1 saturated heterocycles. The molecule has 0 radical (unpaired) electrons. The molecule has 100 valence electrons. The Labute approximate surface area is 108 Å². The first-order valence-electron chi connectivity index (χ1n) is 6.45. The maximum absolute atomic E-state index is 5.86. The van der Waals surface area contributed by atoms with Crippen LogP contribution in [-0.4, -0.2) is 35.3 Å². The topological polar surface area (TPSA) is 56.3 Å². The van der Waals surface area contributed by atoms with Gasteiger partial charge in [0.25, 0.3) is 0 Å². The lowest BCUT2D eigenvalue weighted by molar-refractivity contribution is -0.0730. The zero-order valence-corrected chi connectivity index (χ0v) is 11.2. The van der Waals surface area contributed by atoms with Crippen LogP contribution in [-0.2, 0) is 11.3 Å². The largest absolute Gasteiger partial charge is 0.473 e. The molecule has 0 saturated carbocycles. The zero-order chi connectivity index (χ0) is 13.0. The highest BCUT2D eigenvalue weighted by Crippen LogP contribution is 2.22. The van der Waals surface area contributed by atoms with Crippen molar-refractivity contribution in [1.82, 2.24) is 15.3 Å². The van der Waals surface area contributed by atoms with Gasteiger partial charge < -0.3 is 14.8 Å². The molecule has 1 aliphatic rings. The van der Waals surface area contributed by atoms with Gasteiger partial charge >= 0.3 is 0 Å². The lowest BCUT2D eigenvalue weighted by Crippen LogP contribution is -2.35. The predicted molar refractivity (Wildman–Crippen MR) is 68.5 cm³/mol. The van der Waals surface area contributed by atoms with Gasteiger partial charge in [0.1, 0.15) is 6.10 Å². The van der Waals surface area contributed by atoms with E-state index in [0.29, 0.717) is 5.88 Å². The van der Waals surface area contributed by atoms with Gasteiger partial charge in [-0.15, -0.1) is 0 Å². The number of nitrogens with zero attached hydrogens (tertiary/aromatic N) is 2. The molecular weight excluding hydrogens is 230 g/mol. The molecule has 0 spiro atoms. The summed E-state index contributed by atoms with van der Waals surface area (Å²) in [6.07, 6.45) is 5.92. The Hall–Kier alpha value is -1.20. The van der Waals surface area contributed by atoms with Crippen LogP contribution in [0.15, 0.2) is 12.4 Å². The van der Waals surface area contributed by atoms with Gasteiger partial charge in [0, 0.05) is 19.4 Å². The third-order valence-electron chi connectivity index (χ3n) is 2.98. The van der Waals surface area contributed by atoms with E-state index in [9.17, 15) is 0 Å². The minimum absolute atomic E-state index is 0.174. The molecule has 0 amide bonds. The molecule has 2 rings (SSSR count). The van der Waals surface area contributed by atoms with Gasteiger partial charge in [-0.05, 0) is 20.9 Å². The zero-order valence-electron chi connectivity index (χ0n) is 11.2. The quantitative estimate of drug-likeness (QED) is 0.879. The van der Waals surface area contributed by atoms with Crippen LogP contribution in [0.1, 0.15) is 32.4 Å². The molecule has 2 unspecified atom stereocenters. The molecule has 5 nitrogen and oxygen atoms in total. The van der Waals surface area contributed by atoms with Gasteiger partial charge in [-0.3, -0.25) is 4.98 Å². The fourth-order valence-electron chi connectivity index (χ4n) is 2.29.